The summed E-state index contributed by atoms with van der Waals surface area (Å²) in [5.41, 5.74) is 3.31. The van der Waals surface area contributed by atoms with Gasteiger partial charge in [-0.25, -0.2) is 8.78 Å². The van der Waals surface area contributed by atoms with Crippen molar-refractivity contribution in [3.05, 3.63) is 112 Å². The Bertz CT molecular complexity index is 1310. The highest BCUT2D eigenvalue weighted by Gasteiger charge is 2.11. The number of nitrogens with one attached hydrogen (secondary N) is 1. The Kier molecular flexibility index (Phi) is 7.23. The van der Waals surface area contributed by atoms with Crippen LogP contribution in [-0.4, -0.2) is 11.0 Å². The fraction of sp³-hybridized carbons (Fsp3) is 0.0741. The van der Waals surface area contributed by atoms with Crippen LogP contribution in [0.5, 0.6) is 11.5 Å². The summed E-state index contributed by atoms with van der Waals surface area (Å²) in [6.07, 6.45) is 0.123. The molecule has 0 fully saturated rings. The average molecular weight is 524 g/mol. The van der Waals surface area contributed by atoms with Crippen LogP contribution in [0.4, 0.5) is 14.5 Å². The van der Waals surface area contributed by atoms with Crippen LogP contribution in [0.15, 0.2) is 89.4 Å². The van der Waals surface area contributed by atoms with E-state index in [2.05, 4.69) is 21.2 Å². The van der Waals surface area contributed by atoms with Crippen molar-refractivity contribution >= 4 is 27.5 Å². The summed E-state index contributed by atoms with van der Waals surface area (Å²) in [4.78, 5) is 12.4. The molecule has 0 aliphatic heterocycles. The van der Waals surface area contributed by atoms with E-state index in [4.69, 9.17) is 4.74 Å². The highest BCUT2D eigenvalue weighted by molar-refractivity contribution is 9.10. The summed E-state index contributed by atoms with van der Waals surface area (Å²) in [5.74, 6) is -1.25. The smallest absolute Gasteiger partial charge is 0.228 e. The largest absolute Gasteiger partial charge is 0.508 e. The number of halogens is 3. The number of aromatic hydroxyl groups is 1. The predicted octanol–water partition coefficient (Wildman–Crippen LogP) is 6.86. The molecule has 0 saturated carbocycles. The van der Waals surface area contributed by atoms with Gasteiger partial charge in [0, 0.05) is 17.3 Å². The number of benzene rings is 4. The molecule has 4 aromatic rings. The predicted molar refractivity (Wildman–Crippen MR) is 131 cm³/mol. The SMILES string of the molecule is O=C(Cc1ccc(-c2ccc(O)cc2)cc1)Nc1ccc(OCc2cccc(Br)c2F)c(F)c1. The molecule has 0 saturated heterocycles. The van der Waals surface area contributed by atoms with Gasteiger partial charge < -0.3 is 15.2 Å². The van der Waals surface area contributed by atoms with Gasteiger partial charge in [-0.2, -0.15) is 0 Å². The van der Waals surface area contributed by atoms with Crippen LogP contribution in [0.1, 0.15) is 11.1 Å². The Morgan fingerprint density at radius 3 is 2.26 bits per heavy atom. The molecule has 4 rings (SSSR count). The molecular weight excluding hydrogens is 504 g/mol. The summed E-state index contributed by atoms with van der Waals surface area (Å²) in [6, 6.07) is 23.2. The zero-order valence-corrected chi connectivity index (χ0v) is 19.5. The number of hydrogen-bond acceptors (Lipinski definition) is 3. The third-order valence-electron chi connectivity index (χ3n) is 5.15. The van der Waals surface area contributed by atoms with E-state index in [9.17, 15) is 18.7 Å². The number of ether oxygens (including phenoxy) is 1. The summed E-state index contributed by atoms with van der Waals surface area (Å²) < 4.78 is 34.2. The van der Waals surface area contributed by atoms with E-state index in [1.807, 2.05) is 36.4 Å². The van der Waals surface area contributed by atoms with Gasteiger partial charge in [0.25, 0.3) is 0 Å². The zero-order valence-electron chi connectivity index (χ0n) is 17.9. The van der Waals surface area contributed by atoms with Crippen LogP contribution in [0, 0.1) is 11.6 Å². The molecule has 0 heterocycles. The van der Waals surface area contributed by atoms with Crippen molar-refractivity contribution in [2.24, 2.45) is 0 Å². The highest BCUT2D eigenvalue weighted by Crippen LogP contribution is 2.25. The Morgan fingerprint density at radius 2 is 1.59 bits per heavy atom. The molecule has 172 valence electrons. The normalized spacial score (nSPS) is 10.7. The number of phenolic OH excluding ortho intramolecular Hbond substituents is 1. The van der Waals surface area contributed by atoms with Crippen molar-refractivity contribution in [1.82, 2.24) is 0 Å². The third kappa shape index (κ3) is 5.80. The van der Waals surface area contributed by atoms with Crippen LogP contribution >= 0.6 is 15.9 Å². The van der Waals surface area contributed by atoms with E-state index in [1.165, 1.54) is 18.2 Å². The number of carbonyl (C=O) groups is 1. The molecule has 0 spiro atoms. The third-order valence-corrected chi connectivity index (χ3v) is 5.76. The van der Waals surface area contributed by atoms with Crippen LogP contribution in [0.3, 0.4) is 0 Å². The molecule has 0 radical (unpaired) electrons. The molecule has 34 heavy (non-hydrogen) atoms. The summed E-state index contributed by atoms with van der Waals surface area (Å²) in [6.45, 7) is -0.131. The first kappa shape index (κ1) is 23.4. The number of phenols is 1. The summed E-state index contributed by atoms with van der Waals surface area (Å²) in [7, 11) is 0. The zero-order chi connectivity index (χ0) is 24.1. The number of carbonyl (C=O) groups excluding carboxylic acids is 1. The molecule has 0 unspecified atom stereocenters. The van der Waals surface area contributed by atoms with Gasteiger partial charge in [0.15, 0.2) is 11.6 Å². The van der Waals surface area contributed by atoms with Crippen LogP contribution < -0.4 is 10.1 Å². The Morgan fingerprint density at radius 1 is 0.912 bits per heavy atom. The molecule has 4 aromatic carbocycles. The molecular formula is C27H20BrF2NO3. The second kappa shape index (κ2) is 10.5. The van der Waals surface area contributed by atoms with Crippen molar-refractivity contribution in [2.75, 3.05) is 5.32 Å². The molecule has 2 N–H and O–H groups in total. The summed E-state index contributed by atoms with van der Waals surface area (Å²) in [5, 5.41) is 12.1. The lowest BCUT2D eigenvalue weighted by Crippen LogP contribution is -2.14. The first-order valence-electron chi connectivity index (χ1n) is 10.4. The van der Waals surface area contributed by atoms with Crippen molar-refractivity contribution in [3.63, 3.8) is 0 Å². The monoisotopic (exact) mass is 523 g/mol. The lowest BCUT2D eigenvalue weighted by atomic mass is 10.0. The molecule has 0 aromatic heterocycles. The van der Waals surface area contributed by atoms with Gasteiger partial charge >= 0.3 is 0 Å². The van der Waals surface area contributed by atoms with E-state index < -0.39 is 11.6 Å². The standard InChI is InChI=1S/C27H20BrF2NO3/c28-23-3-1-2-20(27(23)30)16-34-25-13-10-21(15-24(25)29)31-26(33)14-17-4-6-18(7-5-17)19-8-11-22(32)12-9-19/h1-13,15,32H,14,16H2,(H,31,33). The fourth-order valence-corrected chi connectivity index (χ4v) is 3.78. The molecule has 0 bridgehead atoms. The van der Waals surface area contributed by atoms with Crippen molar-refractivity contribution in [3.8, 4) is 22.6 Å². The number of rotatable bonds is 7. The van der Waals surface area contributed by atoms with Gasteiger partial charge in [-0.15, -0.1) is 0 Å². The van der Waals surface area contributed by atoms with Gasteiger partial charge in [-0.3, -0.25) is 4.79 Å². The van der Waals surface area contributed by atoms with Gasteiger partial charge in [-0.1, -0.05) is 48.5 Å². The van der Waals surface area contributed by atoms with E-state index in [0.717, 1.165) is 16.7 Å². The molecule has 0 aliphatic rings. The van der Waals surface area contributed by atoms with Gasteiger partial charge in [0.05, 0.1) is 10.9 Å². The molecule has 1 amide bonds. The maximum atomic E-state index is 14.4. The van der Waals surface area contributed by atoms with Gasteiger partial charge in [-0.05, 0) is 63.0 Å². The Hall–Kier alpha value is -3.71. The van der Waals surface area contributed by atoms with E-state index in [1.54, 1.807) is 30.3 Å². The maximum absolute atomic E-state index is 14.4. The summed E-state index contributed by atoms with van der Waals surface area (Å²) >= 11 is 3.11. The van der Waals surface area contributed by atoms with Crippen molar-refractivity contribution < 1.29 is 23.4 Å². The fourth-order valence-electron chi connectivity index (χ4n) is 3.37. The second-order valence-corrected chi connectivity index (χ2v) is 8.47. The van der Waals surface area contributed by atoms with Gasteiger partial charge in [0.2, 0.25) is 5.91 Å². The van der Waals surface area contributed by atoms with Gasteiger partial charge in [0.1, 0.15) is 18.2 Å². The van der Waals surface area contributed by atoms with E-state index in [0.29, 0.717) is 15.7 Å². The van der Waals surface area contributed by atoms with Crippen molar-refractivity contribution in [1.29, 1.82) is 0 Å². The van der Waals surface area contributed by atoms with Crippen LogP contribution in [-0.2, 0) is 17.8 Å². The molecule has 0 atom stereocenters. The number of amides is 1. The lowest BCUT2D eigenvalue weighted by molar-refractivity contribution is -0.115. The van der Waals surface area contributed by atoms with E-state index >= 15 is 0 Å². The topological polar surface area (TPSA) is 58.6 Å². The van der Waals surface area contributed by atoms with Crippen LogP contribution in [0.2, 0.25) is 0 Å². The minimum atomic E-state index is -0.661. The Balaban J connectivity index is 1.34. The minimum Gasteiger partial charge on any atom is -0.508 e. The highest BCUT2D eigenvalue weighted by atomic mass is 79.9. The minimum absolute atomic E-state index is 0.0396. The number of hydrogen-bond donors (Lipinski definition) is 2. The molecule has 4 nitrogen and oxygen atoms in total. The Labute approximate surface area is 204 Å². The van der Waals surface area contributed by atoms with Crippen LogP contribution in [0.25, 0.3) is 11.1 Å². The molecule has 0 aliphatic carbocycles. The average Bonchev–Trinajstić information content (AvgIpc) is 2.82. The first-order chi connectivity index (χ1) is 16.4. The lowest BCUT2D eigenvalue weighted by Gasteiger charge is -2.11. The number of anilines is 1. The second-order valence-electron chi connectivity index (χ2n) is 7.62. The van der Waals surface area contributed by atoms with Crippen molar-refractivity contribution in [2.45, 2.75) is 13.0 Å². The van der Waals surface area contributed by atoms with E-state index in [-0.39, 0.29) is 30.4 Å². The quantitative estimate of drug-likeness (QED) is 0.278. The maximum Gasteiger partial charge on any atom is 0.228 e. The molecule has 7 heteroatoms. The first-order valence-corrected chi connectivity index (χ1v) is 11.2.